The molecule has 1 aliphatic heterocycles. The average Bonchev–Trinajstić information content (AvgIpc) is 3.20. The number of hydrogen-bond donors (Lipinski definition) is 4. The summed E-state index contributed by atoms with van der Waals surface area (Å²) >= 11 is 6.16. The van der Waals surface area contributed by atoms with Gasteiger partial charge < -0.3 is 21.5 Å². The van der Waals surface area contributed by atoms with Crippen LogP contribution in [0.1, 0.15) is 55.4 Å². The van der Waals surface area contributed by atoms with Crippen LogP contribution in [-0.2, 0) is 21.5 Å². The zero-order valence-electron chi connectivity index (χ0n) is 20.4. The van der Waals surface area contributed by atoms with Crippen LogP contribution >= 0.6 is 11.6 Å². The highest BCUT2D eigenvalue weighted by Gasteiger charge is 2.29. The summed E-state index contributed by atoms with van der Waals surface area (Å²) < 4.78 is 0. The Labute approximate surface area is 216 Å². The molecule has 5 N–H and O–H groups in total. The zero-order chi connectivity index (χ0) is 25.9. The van der Waals surface area contributed by atoms with Crippen LogP contribution in [0.4, 0.5) is 11.4 Å². The number of nitrogens with one attached hydrogen (secondary N) is 2. The van der Waals surface area contributed by atoms with Crippen LogP contribution in [0.15, 0.2) is 66.7 Å². The molecule has 0 unspecified atom stereocenters. The lowest BCUT2D eigenvalue weighted by Crippen LogP contribution is -2.34. The molecule has 0 saturated heterocycles. The van der Waals surface area contributed by atoms with Crippen LogP contribution in [-0.4, -0.2) is 17.0 Å². The van der Waals surface area contributed by atoms with Gasteiger partial charge in [-0.05, 0) is 66.3 Å². The molecule has 0 radical (unpaired) electrons. The molecule has 0 aromatic heterocycles. The standard InChI is InChI=1S/C29H30ClN3O3/c1-3-29(31,4-2)20-9-12-22(13-10-20)32-27(19-7-5-6-18(16-19)8-15-25(34)35)26-23-14-11-21(30)17-24(23)33-28(26)36/h5-7,9-14,16-17,32H,3-4,8,15,31H2,1-2H3,(H,33,36)(H,34,35)/b27-26-. The molecular weight excluding hydrogens is 474 g/mol. The number of rotatable bonds is 9. The number of aliphatic carboxylic acids is 1. The van der Waals surface area contributed by atoms with E-state index < -0.39 is 5.97 Å². The number of carbonyl (C=O) groups is 2. The SMILES string of the molecule is CCC(N)(CC)c1ccc(N/C(=C2\C(=O)Nc3cc(Cl)ccc32)c2cccc(CCC(=O)O)c2)cc1. The van der Waals surface area contributed by atoms with Gasteiger partial charge in [-0.15, -0.1) is 0 Å². The Bertz CT molecular complexity index is 1330. The maximum absolute atomic E-state index is 13.2. The van der Waals surface area contributed by atoms with Crippen molar-refractivity contribution in [3.05, 3.63) is 94.0 Å². The number of nitrogens with two attached hydrogens (primary N) is 1. The van der Waals surface area contributed by atoms with E-state index in [2.05, 4.69) is 24.5 Å². The zero-order valence-corrected chi connectivity index (χ0v) is 21.2. The number of fused-ring (bicyclic) bond motifs is 1. The molecular formula is C29H30ClN3O3. The maximum Gasteiger partial charge on any atom is 0.303 e. The second-order valence-corrected chi connectivity index (χ2v) is 9.49. The predicted octanol–water partition coefficient (Wildman–Crippen LogP) is 6.26. The summed E-state index contributed by atoms with van der Waals surface area (Å²) in [4.78, 5) is 24.3. The van der Waals surface area contributed by atoms with E-state index in [9.17, 15) is 9.59 Å². The van der Waals surface area contributed by atoms with Crippen molar-refractivity contribution >= 4 is 46.1 Å². The largest absolute Gasteiger partial charge is 0.481 e. The lowest BCUT2D eigenvalue weighted by molar-refractivity contribution is -0.137. The molecule has 186 valence electrons. The Kier molecular flexibility index (Phi) is 7.48. The first-order valence-electron chi connectivity index (χ1n) is 12.1. The molecule has 0 fully saturated rings. The molecule has 3 aromatic rings. The second kappa shape index (κ2) is 10.6. The third-order valence-electron chi connectivity index (χ3n) is 6.81. The van der Waals surface area contributed by atoms with Gasteiger partial charge >= 0.3 is 5.97 Å². The van der Waals surface area contributed by atoms with E-state index in [1.165, 1.54) is 0 Å². The van der Waals surface area contributed by atoms with Gasteiger partial charge in [0.05, 0.1) is 17.0 Å². The number of benzene rings is 3. The fourth-order valence-corrected chi connectivity index (χ4v) is 4.67. The van der Waals surface area contributed by atoms with Gasteiger partial charge in [0, 0.05) is 28.2 Å². The normalized spacial score (nSPS) is 14.3. The summed E-state index contributed by atoms with van der Waals surface area (Å²) in [5.74, 6) is -1.09. The Morgan fingerprint density at radius 3 is 2.44 bits per heavy atom. The first-order chi connectivity index (χ1) is 17.2. The number of carboxylic acid groups (broad SMARTS) is 1. The summed E-state index contributed by atoms with van der Waals surface area (Å²) in [7, 11) is 0. The average molecular weight is 504 g/mol. The fourth-order valence-electron chi connectivity index (χ4n) is 4.49. The van der Waals surface area contributed by atoms with Gasteiger partial charge in [-0.1, -0.05) is 61.8 Å². The highest BCUT2D eigenvalue weighted by atomic mass is 35.5. The van der Waals surface area contributed by atoms with Crippen LogP contribution in [0, 0.1) is 0 Å². The minimum Gasteiger partial charge on any atom is -0.481 e. The number of aryl methyl sites for hydroxylation is 1. The Balaban J connectivity index is 1.80. The second-order valence-electron chi connectivity index (χ2n) is 9.05. The fraction of sp³-hybridized carbons (Fsp3) is 0.241. The van der Waals surface area contributed by atoms with E-state index in [0.717, 1.165) is 40.8 Å². The van der Waals surface area contributed by atoms with Crippen LogP contribution < -0.4 is 16.4 Å². The highest BCUT2D eigenvalue weighted by Crippen LogP contribution is 2.39. The van der Waals surface area contributed by atoms with Crippen LogP contribution in [0.5, 0.6) is 0 Å². The third kappa shape index (κ3) is 5.30. The summed E-state index contributed by atoms with van der Waals surface area (Å²) in [6, 6.07) is 20.9. The molecule has 0 bridgehead atoms. The lowest BCUT2D eigenvalue weighted by atomic mass is 9.86. The topological polar surface area (TPSA) is 104 Å². The highest BCUT2D eigenvalue weighted by molar-refractivity contribution is 6.38. The monoisotopic (exact) mass is 503 g/mol. The van der Waals surface area contributed by atoms with E-state index in [4.69, 9.17) is 22.4 Å². The van der Waals surface area contributed by atoms with Gasteiger partial charge in [-0.2, -0.15) is 0 Å². The van der Waals surface area contributed by atoms with Crippen molar-refractivity contribution in [2.24, 2.45) is 5.73 Å². The Morgan fingerprint density at radius 2 is 1.78 bits per heavy atom. The van der Waals surface area contributed by atoms with E-state index >= 15 is 0 Å². The number of amides is 1. The Hall–Kier alpha value is -3.61. The summed E-state index contributed by atoms with van der Waals surface area (Å²) in [6.07, 6.45) is 2.08. The minimum absolute atomic E-state index is 0.0295. The van der Waals surface area contributed by atoms with Gasteiger partial charge in [0.25, 0.3) is 5.91 Å². The first-order valence-corrected chi connectivity index (χ1v) is 12.4. The number of hydrogen-bond acceptors (Lipinski definition) is 4. The van der Waals surface area contributed by atoms with Gasteiger partial charge in [-0.25, -0.2) is 0 Å². The van der Waals surface area contributed by atoms with Gasteiger partial charge in [0.1, 0.15) is 0 Å². The molecule has 36 heavy (non-hydrogen) atoms. The smallest absolute Gasteiger partial charge is 0.303 e. The summed E-state index contributed by atoms with van der Waals surface area (Å²) in [5, 5.41) is 16.0. The molecule has 0 saturated carbocycles. The van der Waals surface area contributed by atoms with Gasteiger partial charge in [-0.3, -0.25) is 9.59 Å². The van der Waals surface area contributed by atoms with E-state index in [0.29, 0.717) is 28.4 Å². The molecule has 0 spiro atoms. The summed E-state index contributed by atoms with van der Waals surface area (Å²) in [5.41, 5.74) is 12.2. The van der Waals surface area contributed by atoms with Crippen LogP contribution in [0.25, 0.3) is 11.3 Å². The number of carboxylic acids is 1. The van der Waals surface area contributed by atoms with Gasteiger partial charge in [0.2, 0.25) is 0 Å². The summed E-state index contributed by atoms with van der Waals surface area (Å²) in [6.45, 7) is 4.16. The third-order valence-corrected chi connectivity index (χ3v) is 7.05. The minimum atomic E-state index is -0.853. The molecule has 0 atom stereocenters. The van der Waals surface area contributed by atoms with Gasteiger partial charge in [0.15, 0.2) is 0 Å². The lowest BCUT2D eigenvalue weighted by Gasteiger charge is -2.27. The van der Waals surface area contributed by atoms with E-state index in [-0.39, 0.29) is 17.9 Å². The van der Waals surface area contributed by atoms with Crippen molar-refractivity contribution in [2.45, 2.75) is 45.1 Å². The molecule has 3 aromatic carbocycles. The number of carbonyl (C=O) groups excluding carboxylic acids is 1. The molecule has 7 heteroatoms. The molecule has 6 nitrogen and oxygen atoms in total. The molecule has 1 heterocycles. The van der Waals surface area contributed by atoms with Crippen molar-refractivity contribution in [1.29, 1.82) is 0 Å². The first kappa shape index (κ1) is 25.5. The van der Waals surface area contributed by atoms with E-state index in [1.54, 1.807) is 12.1 Å². The van der Waals surface area contributed by atoms with Crippen LogP contribution in [0.2, 0.25) is 5.02 Å². The van der Waals surface area contributed by atoms with Crippen molar-refractivity contribution in [3.63, 3.8) is 0 Å². The Morgan fingerprint density at radius 1 is 1.06 bits per heavy atom. The van der Waals surface area contributed by atoms with E-state index in [1.807, 2.05) is 54.6 Å². The van der Waals surface area contributed by atoms with Crippen LogP contribution in [0.3, 0.4) is 0 Å². The number of anilines is 2. The number of halogens is 1. The maximum atomic E-state index is 13.2. The molecule has 0 aliphatic carbocycles. The molecule has 1 amide bonds. The van der Waals surface area contributed by atoms with Crippen molar-refractivity contribution < 1.29 is 14.7 Å². The predicted molar refractivity (Wildman–Crippen MR) is 146 cm³/mol. The van der Waals surface area contributed by atoms with Crippen molar-refractivity contribution in [3.8, 4) is 0 Å². The van der Waals surface area contributed by atoms with Crippen molar-refractivity contribution in [1.82, 2.24) is 0 Å². The molecule has 4 rings (SSSR count). The van der Waals surface area contributed by atoms with Crippen molar-refractivity contribution in [2.75, 3.05) is 10.6 Å². The molecule has 1 aliphatic rings. The quantitative estimate of drug-likeness (QED) is 0.258.